The predicted molar refractivity (Wildman–Crippen MR) is 111 cm³/mol. The molecule has 2 aromatic heterocycles. The quantitative estimate of drug-likeness (QED) is 0.432. The van der Waals surface area contributed by atoms with Crippen LogP contribution < -0.4 is 16.6 Å². The Morgan fingerprint density at radius 3 is 2.64 bits per heavy atom. The maximum atomic E-state index is 12.6. The highest BCUT2D eigenvalue weighted by Crippen LogP contribution is 2.34. The zero-order valence-corrected chi connectivity index (χ0v) is 16.4. The second kappa shape index (κ2) is 8.26. The van der Waals surface area contributed by atoms with E-state index in [4.69, 9.17) is 10.5 Å². The highest BCUT2D eigenvalue weighted by atomic mass is 32.1. The number of amides is 1. The van der Waals surface area contributed by atoms with Crippen molar-refractivity contribution in [3.63, 3.8) is 0 Å². The van der Waals surface area contributed by atoms with E-state index < -0.39 is 0 Å². The van der Waals surface area contributed by atoms with E-state index in [9.17, 15) is 14.4 Å². The van der Waals surface area contributed by atoms with E-state index in [1.54, 1.807) is 31.2 Å². The van der Waals surface area contributed by atoms with E-state index in [0.717, 1.165) is 29.7 Å². The molecule has 0 bridgehead atoms. The summed E-state index contributed by atoms with van der Waals surface area (Å²) >= 11 is 1.13. The van der Waals surface area contributed by atoms with E-state index in [1.807, 2.05) is 6.92 Å². The summed E-state index contributed by atoms with van der Waals surface area (Å²) in [5, 5.41) is 3.44. The Bertz CT molecular complexity index is 1080. The standard InChI is InChI=1S/C20H21N3O4S/c1-3-4-9-27-20(26)12-5-7-13(8-6-12)22-18(25)17-16(21)15-11(2)10-14(24)23-19(15)28-17/h5-8,10H,3-4,9,21H2,1-2H3,(H,22,25)(H,23,24). The number of esters is 1. The number of anilines is 2. The van der Waals surface area contributed by atoms with Crippen molar-refractivity contribution in [2.24, 2.45) is 0 Å². The Morgan fingerprint density at radius 2 is 1.96 bits per heavy atom. The molecule has 3 rings (SSSR count). The van der Waals surface area contributed by atoms with Crippen molar-refractivity contribution in [2.75, 3.05) is 17.7 Å². The zero-order valence-electron chi connectivity index (χ0n) is 15.6. The van der Waals surface area contributed by atoms with Gasteiger partial charge in [-0.2, -0.15) is 0 Å². The van der Waals surface area contributed by atoms with E-state index in [-0.39, 0.29) is 17.4 Å². The monoisotopic (exact) mass is 399 g/mol. The molecule has 7 nitrogen and oxygen atoms in total. The molecule has 0 atom stereocenters. The molecule has 0 aliphatic carbocycles. The van der Waals surface area contributed by atoms with E-state index in [2.05, 4.69) is 10.3 Å². The van der Waals surface area contributed by atoms with Crippen LogP contribution in [0, 0.1) is 6.92 Å². The average molecular weight is 399 g/mol. The third-order valence-electron chi connectivity index (χ3n) is 4.24. The molecule has 0 aliphatic rings. The minimum absolute atomic E-state index is 0.236. The maximum absolute atomic E-state index is 12.6. The first-order valence-corrected chi connectivity index (χ1v) is 9.72. The number of hydrogen-bond donors (Lipinski definition) is 3. The molecular formula is C20H21N3O4S. The lowest BCUT2D eigenvalue weighted by molar-refractivity contribution is 0.0499. The molecule has 8 heteroatoms. The van der Waals surface area contributed by atoms with Gasteiger partial charge in [-0.15, -0.1) is 11.3 Å². The number of aromatic nitrogens is 1. The molecular weight excluding hydrogens is 378 g/mol. The number of aromatic amines is 1. The number of nitrogen functional groups attached to an aromatic ring is 1. The number of ether oxygens (including phenoxy) is 1. The minimum atomic E-state index is -0.389. The van der Waals surface area contributed by atoms with Crippen LogP contribution in [0.2, 0.25) is 0 Å². The molecule has 1 amide bonds. The van der Waals surface area contributed by atoms with Crippen molar-refractivity contribution in [3.05, 3.63) is 56.7 Å². The van der Waals surface area contributed by atoms with Crippen LogP contribution in [-0.4, -0.2) is 23.5 Å². The molecule has 0 aliphatic heterocycles. The first kappa shape index (κ1) is 19.6. The maximum Gasteiger partial charge on any atom is 0.338 e. The summed E-state index contributed by atoms with van der Waals surface area (Å²) in [4.78, 5) is 39.8. The summed E-state index contributed by atoms with van der Waals surface area (Å²) in [7, 11) is 0. The Labute approximate surface area is 165 Å². The summed E-state index contributed by atoms with van der Waals surface area (Å²) in [6, 6.07) is 7.90. The van der Waals surface area contributed by atoms with Crippen LogP contribution in [0.15, 0.2) is 35.1 Å². The van der Waals surface area contributed by atoms with E-state index in [1.165, 1.54) is 6.07 Å². The Kier molecular flexibility index (Phi) is 5.79. The molecule has 3 aromatic rings. The highest BCUT2D eigenvalue weighted by Gasteiger charge is 2.19. The van der Waals surface area contributed by atoms with Crippen molar-refractivity contribution < 1.29 is 14.3 Å². The number of hydrogen-bond acceptors (Lipinski definition) is 6. The highest BCUT2D eigenvalue weighted by molar-refractivity contribution is 7.21. The summed E-state index contributed by atoms with van der Waals surface area (Å²) in [5.41, 5.74) is 7.90. The smallest absolute Gasteiger partial charge is 0.338 e. The number of aryl methyl sites for hydroxylation is 1. The van der Waals surface area contributed by atoms with Gasteiger partial charge >= 0.3 is 5.97 Å². The summed E-state index contributed by atoms with van der Waals surface area (Å²) in [5.74, 6) is -0.767. The van der Waals surface area contributed by atoms with Crippen LogP contribution >= 0.6 is 11.3 Å². The lowest BCUT2D eigenvalue weighted by Gasteiger charge is -2.07. The SMILES string of the molecule is CCCCOC(=O)c1ccc(NC(=O)c2sc3[nH]c(=O)cc(C)c3c2N)cc1. The Balaban J connectivity index is 1.75. The number of pyridine rings is 1. The van der Waals surface area contributed by atoms with Crippen LogP contribution in [0.5, 0.6) is 0 Å². The summed E-state index contributed by atoms with van der Waals surface area (Å²) in [6.45, 7) is 4.19. The second-order valence-electron chi connectivity index (χ2n) is 6.39. The predicted octanol–water partition coefficient (Wildman–Crippen LogP) is 3.69. The van der Waals surface area contributed by atoms with Crippen molar-refractivity contribution in [2.45, 2.75) is 26.7 Å². The number of fused-ring (bicyclic) bond motifs is 1. The van der Waals surface area contributed by atoms with Crippen LogP contribution in [-0.2, 0) is 4.74 Å². The van der Waals surface area contributed by atoms with Gasteiger partial charge in [0.2, 0.25) is 5.56 Å². The van der Waals surface area contributed by atoms with Gasteiger partial charge in [-0.3, -0.25) is 9.59 Å². The first-order valence-electron chi connectivity index (χ1n) is 8.91. The number of H-pyrrole nitrogens is 1. The Hall–Kier alpha value is -3.13. The molecule has 0 radical (unpaired) electrons. The molecule has 0 saturated heterocycles. The molecule has 28 heavy (non-hydrogen) atoms. The van der Waals surface area contributed by atoms with Crippen LogP contribution in [0.3, 0.4) is 0 Å². The van der Waals surface area contributed by atoms with E-state index >= 15 is 0 Å². The number of nitrogens with two attached hydrogens (primary N) is 1. The van der Waals surface area contributed by atoms with E-state index in [0.29, 0.717) is 38.6 Å². The van der Waals surface area contributed by atoms with Gasteiger partial charge < -0.3 is 20.8 Å². The van der Waals surface area contributed by atoms with Gasteiger partial charge in [-0.25, -0.2) is 4.79 Å². The van der Waals surface area contributed by atoms with Gasteiger partial charge in [0.25, 0.3) is 5.91 Å². The Morgan fingerprint density at radius 1 is 1.25 bits per heavy atom. The molecule has 0 unspecified atom stereocenters. The van der Waals surface area contributed by atoms with Gasteiger partial charge in [-0.1, -0.05) is 13.3 Å². The molecule has 0 spiro atoms. The number of carbonyl (C=O) groups excluding carboxylic acids is 2. The van der Waals surface area contributed by atoms with Crippen molar-refractivity contribution in [1.82, 2.24) is 4.98 Å². The topological polar surface area (TPSA) is 114 Å². The van der Waals surface area contributed by atoms with Gasteiger partial charge in [0, 0.05) is 17.1 Å². The zero-order chi connectivity index (χ0) is 20.3. The average Bonchev–Trinajstić information content (AvgIpc) is 2.99. The lowest BCUT2D eigenvalue weighted by atomic mass is 10.1. The molecule has 1 aromatic carbocycles. The van der Waals surface area contributed by atoms with Crippen LogP contribution in [0.1, 0.15) is 45.4 Å². The summed E-state index contributed by atoms with van der Waals surface area (Å²) < 4.78 is 5.16. The van der Waals surface area contributed by atoms with Gasteiger partial charge in [0.05, 0.1) is 17.9 Å². The second-order valence-corrected chi connectivity index (χ2v) is 7.41. The fourth-order valence-corrected chi connectivity index (χ4v) is 3.86. The number of nitrogens with one attached hydrogen (secondary N) is 2. The first-order chi connectivity index (χ1) is 13.4. The van der Waals surface area contributed by atoms with Crippen molar-refractivity contribution in [1.29, 1.82) is 0 Å². The van der Waals surface area contributed by atoms with Crippen molar-refractivity contribution >= 4 is 44.8 Å². The fourth-order valence-electron chi connectivity index (χ4n) is 2.78. The molecule has 4 N–H and O–H groups in total. The number of rotatable bonds is 6. The number of unbranched alkanes of at least 4 members (excludes halogenated alkanes) is 1. The summed E-state index contributed by atoms with van der Waals surface area (Å²) in [6.07, 6.45) is 1.77. The van der Waals surface area contributed by atoms with Gasteiger partial charge in [-0.05, 0) is 43.2 Å². The van der Waals surface area contributed by atoms with Gasteiger partial charge in [0.15, 0.2) is 0 Å². The third kappa shape index (κ3) is 4.07. The van der Waals surface area contributed by atoms with Crippen molar-refractivity contribution in [3.8, 4) is 0 Å². The van der Waals surface area contributed by atoms with Crippen LogP contribution in [0.4, 0.5) is 11.4 Å². The third-order valence-corrected chi connectivity index (χ3v) is 5.36. The normalized spacial score (nSPS) is 10.8. The molecule has 0 saturated carbocycles. The van der Waals surface area contributed by atoms with Crippen LogP contribution in [0.25, 0.3) is 10.2 Å². The number of thiophene rings is 1. The number of benzene rings is 1. The lowest BCUT2D eigenvalue weighted by Crippen LogP contribution is -2.12. The van der Waals surface area contributed by atoms with Gasteiger partial charge in [0.1, 0.15) is 9.71 Å². The molecule has 0 fully saturated rings. The fraction of sp³-hybridized carbons (Fsp3) is 0.250. The molecule has 146 valence electrons. The molecule has 2 heterocycles. The largest absolute Gasteiger partial charge is 0.462 e. The minimum Gasteiger partial charge on any atom is -0.462 e. The number of carbonyl (C=O) groups is 2.